The third-order valence-electron chi connectivity index (χ3n) is 1.12. The summed E-state index contributed by atoms with van der Waals surface area (Å²) in [5.41, 5.74) is 0. The molecule has 2 N–H and O–H groups in total. The SMILES string of the molecule is C1COOOC1.OCCCCO. The molecule has 0 radical (unpaired) electrons. The minimum Gasteiger partial charge on any atom is -0.396 e. The molecule has 0 unspecified atom stereocenters. The van der Waals surface area contributed by atoms with Crippen LogP contribution in [0.3, 0.4) is 0 Å². The molecule has 0 aliphatic carbocycles. The summed E-state index contributed by atoms with van der Waals surface area (Å²) in [7, 11) is 0. The van der Waals surface area contributed by atoms with Crippen molar-refractivity contribution >= 4 is 0 Å². The maximum Gasteiger partial charge on any atom is 0.0877 e. The fourth-order valence-corrected chi connectivity index (χ4v) is 0.502. The first-order valence-electron chi connectivity index (χ1n) is 4.04. The van der Waals surface area contributed by atoms with Gasteiger partial charge in [0.1, 0.15) is 0 Å². The number of hydrogen-bond donors (Lipinski definition) is 2. The maximum absolute atomic E-state index is 8.09. The molecule has 0 aromatic rings. The van der Waals surface area contributed by atoms with Crippen LogP contribution in [0.2, 0.25) is 0 Å². The van der Waals surface area contributed by atoms with Gasteiger partial charge in [-0.2, -0.15) is 0 Å². The molecule has 0 amide bonds. The smallest absolute Gasteiger partial charge is 0.0877 e. The van der Waals surface area contributed by atoms with Gasteiger partial charge < -0.3 is 10.2 Å². The molecule has 0 saturated carbocycles. The van der Waals surface area contributed by atoms with Crippen LogP contribution in [0.5, 0.6) is 0 Å². The molecule has 0 aromatic carbocycles. The van der Waals surface area contributed by atoms with Crippen LogP contribution in [-0.2, 0) is 14.8 Å². The minimum atomic E-state index is 0.195. The van der Waals surface area contributed by atoms with Gasteiger partial charge in [-0.3, -0.25) is 0 Å². The average Bonchev–Trinajstić information content (AvgIpc) is 2.18. The van der Waals surface area contributed by atoms with Crippen molar-refractivity contribution in [1.29, 1.82) is 0 Å². The fraction of sp³-hybridized carbons (Fsp3) is 1.00. The second-order valence-electron chi connectivity index (χ2n) is 2.22. The van der Waals surface area contributed by atoms with Gasteiger partial charge >= 0.3 is 0 Å². The highest BCUT2D eigenvalue weighted by Crippen LogP contribution is 1.93. The zero-order valence-corrected chi connectivity index (χ0v) is 7.07. The normalized spacial score (nSPS) is 16.5. The number of aliphatic hydroxyl groups excluding tert-OH is 2. The molecule has 0 bridgehead atoms. The van der Waals surface area contributed by atoms with Gasteiger partial charge in [0, 0.05) is 19.6 Å². The van der Waals surface area contributed by atoms with E-state index >= 15 is 0 Å². The summed E-state index contributed by atoms with van der Waals surface area (Å²) in [5, 5.41) is 20.2. The van der Waals surface area contributed by atoms with Crippen LogP contribution in [0, 0.1) is 0 Å². The minimum absolute atomic E-state index is 0.195. The van der Waals surface area contributed by atoms with E-state index in [1.165, 1.54) is 0 Å². The van der Waals surface area contributed by atoms with Gasteiger partial charge in [-0.05, 0) is 12.8 Å². The Labute approximate surface area is 71.7 Å². The van der Waals surface area contributed by atoms with Gasteiger partial charge in [0.25, 0.3) is 0 Å². The Balaban J connectivity index is 0.000000202. The van der Waals surface area contributed by atoms with Gasteiger partial charge in [-0.1, -0.05) is 5.04 Å². The molecule has 1 aliphatic heterocycles. The van der Waals surface area contributed by atoms with E-state index < -0.39 is 0 Å². The summed E-state index contributed by atoms with van der Waals surface area (Å²) in [5.74, 6) is 0. The van der Waals surface area contributed by atoms with E-state index in [1.54, 1.807) is 0 Å². The first kappa shape index (κ1) is 11.8. The Morgan fingerprint density at radius 1 is 0.917 bits per heavy atom. The van der Waals surface area contributed by atoms with Gasteiger partial charge in [0.15, 0.2) is 0 Å². The summed E-state index contributed by atoms with van der Waals surface area (Å²) in [6.07, 6.45) is 2.37. The summed E-state index contributed by atoms with van der Waals surface area (Å²) in [6.45, 7) is 1.70. The topological polar surface area (TPSA) is 68.2 Å². The first-order chi connectivity index (χ1) is 5.91. The lowest BCUT2D eigenvalue weighted by Gasteiger charge is -2.06. The van der Waals surface area contributed by atoms with Crippen LogP contribution in [0.15, 0.2) is 0 Å². The van der Waals surface area contributed by atoms with E-state index in [-0.39, 0.29) is 13.2 Å². The molecule has 5 nitrogen and oxygen atoms in total. The van der Waals surface area contributed by atoms with E-state index in [9.17, 15) is 0 Å². The summed E-state index contributed by atoms with van der Waals surface area (Å²) < 4.78 is 0. The van der Waals surface area contributed by atoms with E-state index in [1.807, 2.05) is 0 Å². The van der Waals surface area contributed by atoms with Crippen molar-refractivity contribution in [3.8, 4) is 0 Å². The molecule has 1 rings (SSSR count). The molecular formula is C7H16O5. The lowest BCUT2D eigenvalue weighted by molar-refractivity contribution is -0.532. The van der Waals surface area contributed by atoms with Gasteiger partial charge in [0.05, 0.1) is 13.2 Å². The zero-order chi connectivity index (χ0) is 9.07. The monoisotopic (exact) mass is 180 g/mol. The van der Waals surface area contributed by atoms with Crippen molar-refractivity contribution in [2.45, 2.75) is 19.3 Å². The van der Waals surface area contributed by atoms with Crippen molar-refractivity contribution in [3.63, 3.8) is 0 Å². The van der Waals surface area contributed by atoms with E-state index in [0.717, 1.165) is 19.3 Å². The second kappa shape index (κ2) is 10.8. The lowest BCUT2D eigenvalue weighted by atomic mass is 10.3. The predicted molar refractivity (Wildman–Crippen MR) is 41.0 cm³/mol. The highest BCUT2D eigenvalue weighted by Gasteiger charge is 1.96. The van der Waals surface area contributed by atoms with E-state index in [4.69, 9.17) is 10.2 Å². The molecule has 1 saturated heterocycles. The van der Waals surface area contributed by atoms with Crippen molar-refractivity contribution in [2.24, 2.45) is 0 Å². The van der Waals surface area contributed by atoms with E-state index in [0.29, 0.717) is 13.2 Å². The number of unbranched alkanes of at least 4 members (excludes halogenated alkanes) is 1. The van der Waals surface area contributed by atoms with Crippen molar-refractivity contribution < 1.29 is 25.0 Å². The Hall–Kier alpha value is -0.200. The summed E-state index contributed by atoms with van der Waals surface area (Å²) >= 11 is 0. The molecule has 1 fully saturated rings. The summed E-state index contributed by atoms with van der Waals surface area (Å²) in [4.78, 5) is 8.69. The maximum atomic E-state index is 8.09. The van der Waals surface area contributed by atoms with Crippen LogP contribution < -0.4 is 0 Å². The lowest BCUT2D eigenvalue weighted by Crippen LogP contribution is -2.08. The third kappa shape index (κ3) is 9.80. The third-order valence-corrected chi connectivity index (χ3v) is 1.12. The van der Waals surface area contributed by atoms with Crippen LogP contribution in [-0.4, -0.2) is 36.6 Å². The van der Waals surface area contributed by atoms with Crippen molar-refractivity contribution in [2.75, 3.05) is 26.4 Å². The number of aliphatic hydroxyl groups is 2. The average molecular weight is 180 g/mol. The van der Waals surface area contributed by atoms with Crippen molar-refractivity contribution in [3.05, 3.63) is 0 Å². The predicted octanol–water partition coefficient (Wildman–Crippen LogP) is 0.0211. The quantitative estimate of drug-likeness (QED) is 0.473. The van der Waals surface area contributed by atoms with Crippen LogP contribution >= 0.6 is 0 Å². The number of hydrogen-bond acceptors (Lipinski definition) is 5. The Morgan fingerprint density at radius 3 is 1.58 bits per heavy atom. The molecule has 0 spiro atoms. The second-order valence-corrected chi connectivity index (χ2v) is 2.22. The number of rotatable bonds is 3. The van der Waals surface area contributed by atoms with Crippen LogP contribution in [0.25, 0.3) is 0 Å². The first-order valence-corrected chi connectivity index (χ1v) is 4.04. The standard InChI is InChI=1S/C4H10O2.C3H6O3/c5-3-1-2-4-6;1-2-4-6-5-3-1/h5-6H,1-4H2;1-3H2. The van der Waals surface area contributed by atoms with Gasteiger partial charge in [0.2, 0.25) is 0 Å². The molecule has 12 heavy (non-hydrogen) atoms. The van der Waals surface area contributed by atoms with Crippen LogP contribution in [0.4, 0.5) is 0 Å². The molecule has 74 valence electrons. The molecule has 5 heteroatoms. The molecule has 1 aliphatic rings. The van der Waals surface area contributed by atoms with Crippen molar-refractivity contribution in [1.82, 2.24) is 0 Å². The highest BCUT2D eigenvalue weighted by atomic mass is 17.5. The molecule has 0 aromatic heterocycles. The Morgan fingerprint density at radius 2 is 1.42 bits per heavy atom. The molecule has 0 atom stereocenters. The van der Waals surface area contributed by atoms with Crippen LogP contribution in [0.1, 0.15) is 19.3 Å². The molecule has 1 heterocycles. The van der Waals surface area contributed by atoms with Gasteiger partial charge in [-0.25, -0.2) is 9.78 Å². The zero-order valence-electron chi connectivity index (χ0n) is 7.07. The summed E-state index contributed by atoms with van der Waals surface area (Å²) in [6, 6.07) is 0. The van der Waals surface area contributed by atoms with E-state index in [2.05, 4.69) is 14.8 Å². The fourth-order valence-electron chi connectivity index (χ4n) is 0.502. The van der Waals surface area contributed by atoms with Gasteiger partial charge in [-0.15, -0.1) is 0 Å². The Bertz CT molecular complexity index is 58.7. The Kier molecular flexibility index (Phi) is 10.6. The largest absolute Gasteiger partial charge is 0.396 e. The molecular weight excluding hydrogens is 164 g/mol. The highest BCUT2D eigenvalue weighted by molar-refractivity contribution is 4.30.